The Balaban J connectivity index is 1.64. The van der Waals surface area contributed by atoms with E-state index in [2.05, 4.69) is 15.1 Å². The third kappa shape index (κ3) is 2.79. The second-order valence-corrected chi connectivity index (χ2v) is 6.47. The summed E-state index contributed by atoms with van der Waals surface area (Å²) in [6, 6.07) is 0. The predicted molar refractivity (Wildman–Crippen MR) is 76.1 cm³/mol. The largest absolute Gasteiger partial charge is 0.342 e. The van der Waals surface area contributed by atoms with Crippen LogP contribution in [0.2, 0.25) is 0 Å². The van der Waals surface area contributed by atoms with Gasteiger partial charge in [0.1, 0.15) is 0 Å². The Bertz CT molecular complexity index is 311. The number of amides is 1. The fraction of sp³-hybridized carbons (Fsp3) is 0.933. The molecule has 1 amide bonds. The summed E-state index contributed by atoms with van der Waals surface area (Å²) in [7, 11) is 0. The van der Waals surface area contributed by atoms with Gasteiger partial charge in [0.15, 0.2) is 0 Å². The van der Waals surface area contributed by atoms with E-state index in [1.165, 1.54) is 44.9 Å². The smallest absolute Gasteiger partial charge is 0.236 e. The quantitative estimate of drug-likeness (QED) is 0.815. The van der Waals surface area contributed by atoms with Crippen LogP contribution in [0.4, 0.5) is 0 Å². The summed E-state index contributed by atoms with van der Waals surface area (Å²) in [5.41, 5.74) is 0.284. The molecule has 0 atom stereocenters. The Hall–Kier alpha value is -0.610. The SMILES string of the molecule is O=C(CN1CCNCC12CCCCC2)N1CCCC1. The van der Waals surface area contributed by atoms with E-state index in [1.807, 2.05) is 0 Å². The molecule has 0 aromatic carbocycles. The molecule has 19 heavy (non-hydrogen) atoms. The highest BCUT2D eigenvalue weighted by atomic mass is 16.2. The zero-order chi connectivity index (χ0) is 13.1. The Morgan fingerprint density at radius 3 is 2.47 bits per heavy atom. The number of likely N-dealkylation sites (tertiary alicyclic amines) is 1. The van der Waals surface area contributed by atoms with Crippen LogP contribution in [-0.4, -0.2) is 60.5 Å². The highest BCUT2D eigenvalue weighted by molar-refractivity contribution is 5.78. The van der Waals surface area contributed by atoms with Crippen LogP contribution in [-0.2, 0) is 4.79 Å². The minimum atomic E-state index is 0.284. The van der Waals surface area contributed by atoms with Crippen LogP contribution in [0.25, 0.3) is 0 Å². The van der Waals surface area contributed by atoms with E-state index in [0.717, 1.165) is 32.7 Å². The number of rotatable bonds is 2. The normalized spacial score (nSPS) is 27.9. The highest BCUT2D eigenvalue weighted by Crippen LogP contribution is 2.34. The summed E-state index contributed by atoms with van der Waals surface area (Å²) in [5, 5.41) is 3.55. The summed E-state index contributed by atoms with van der Waals surface area (Å²) >= 11 is 0. The number of hydrogen-bond donors (Lipinski definition) is 1. The van der Waals surface area contributed by atoms with Gasteiger partial charge in [0.05, 0.1) is 6.54 Å². The van der Waals surface area contributed by atoms with Crippen molar-refractivity contribution in [1.82, 2.24) is 15.1 Å². The first-order chi connectivity index (χ1) is 9.30. The predicted octanol–water partition coefficient (Wildman–Crippen LogP) is 1.22. The standard InChI is InChI=1S/C15H27N3O/c19-14(17-9-4-5-10-17)12-18-11-8-16-13-15(18)6-2-1-3-7-15/h16H,1-13H2. The van der Waals surface area contributed by atoms with Gasteiger partial charge in [0, 0.05) is 38.3 Å². The van der Waals surface area contributed by atoms with Crippen molar-refractivity contribution in [1.29, 1.82) is 0 Å². The Morgan fingerprint density at radius 1 is 1.00 bits per heavy atom. The average molecular weight is 265 g/mol. The van der Waals surface area contributed by atoms with Gasteiger partial charge in [0.25, 0.3) is 0 Å². The van der Waals surface area contributed by atoms with E-state index in [-0.39, 0.29) is 5.54 Å². The van der Waals surface area contributed by atoms with E-state index < -0.39 is 0 Å². The second kappa shape index (κ2) is 5.80. The lowest BCUT2D eigenvalue weighted by Crippen LogP contribution is -2.63. The molecule has 2 aliphatic heterocycles. The van der Waals surface area contributed by atoms with Gasteiger partial charge in [-0.1, -0.05) is 19.3 Å². The van der Waals surface area contributed by atoms with Crippen LogP contribution in [0.5, 0.6) is 0 Å². The van der Waals surface area contributed by atoms with Crippen LogP contribution >= 0.6 is 0 Å². The van der Waals surface area contributed by atoms with Crippen LogP contribution in [0.15, 0.2) is 0 Å². The molecule has 4 nitrogen and oxygen atoms in total. The van der Waals surface area contributed by atoms with Crippen molar-refractivity contribution in [2.75, 3.05) is 39.3 Å². The molecule has 1 saturated carbocycles. The maximum Gasteiger partial charge on any atom is 0.236 e. The molecule has 0 radical (unpaired) electrons. The number of nitrogens with zero attached hydrogens (tertiary/aromatic N) is 2. The molecule has 1 spiro atoms. The third-order valence-electron chi connectivity index (χ3n) is 5.25. The van der Waals surface area contributed by atoms with E-state index in [9.17, 15) is 4.79 Å². The maximum absolute atomic E-state index is 12.4. The van der Waals surface area contributed by atoms with Crippen LogP contribution < -0.4 is 5.32 Å². The Labute approximate surface area is 116 Å². The van der Waals surface area contributed by atoms with Crippen LogP contribution in [0, 0.1) is 0 Å². The first-order valence-corrected chi connectivity index (χ1v) is 8.04. The highest BCUT2D eigenvalue weighted by Gasteiger charge is 2.40. The molecule has 3 rings (SSSR count). The molecule has 0 bridgehead atoms. The molecular formula is C15H27N3O. The summed E-state index contributed by atoms with van der Waals surface area (Å²) < 4.78 is 0. The minimum Gasteiger partial charge on any atom is -0.342 e. The topological polar surface area (TPSA) is 35.6 Å². The molecular weight excluding hydrogens is 238 g/mol. The van der Waals surface area contributed by atoms with Gasteiger partial charge in [0.2, 0.25) is 5.91 Å². The number of piperazine rings is 1. The van der Waals surface area contributed by atoms with Gasteiger partial charge >= 0.3 is 0 Å². The van der Waals surface area contributed by atoms with Crippen molar-refractivity contribution in [3.8, 4) is 0 Å². The summed E-state index contributed by atoms with van der Waals surface area (Å²) in [6.07, 6.45) is 8.96. The van der Waals surface area contributed by atoms with Crippen LogP contribution in [0.1, 0.15) is 44.9 Å². The van der Waals surface area contributed by atoms with Crippen molar-refractivity contribution in [2.45, 2.75) is 50.5 Å². The Kier molecular flexibility index (Phi) is 4.08. The van der Waals surface area contributed by atoms with Crippen molar-refractivity contribution < 1.29 is 4.79 Å². The van der Waals surface area contributed by atoms with Crippen molar-refractivity contribution in [3.05, 3.63) is 0 Å². The molecule has 2 heterocycles. The Morgan fingerprint density at radius 2 is 1.74 bits per heavy atom. The number of nitrogens with one attached hydrogen (secondary N) is 1. The van der Waals surface area contributed by atoms with Gasteiger partial charge in [-0.2, -0.15) is 0 Å². The zero-order valence-electron chi connectivity index (χ0n) is 12.0. The minimum absolute atomic E-state index is 0.284. The summed E-state index contributed by atoms with van der Waals surface area (Å²) in [5.74, 6) is 0.365. The fourth-order valence-electron chi connectivity index (χ4n) is 4.06. The molecule has 0 aromatic rings. The molecule has 3 aliphatic rings. The van der Waals surface area contributed by atoms with E-state index in [4.69, 9.17) is 0 Å². The second-order valence-electron chi connectivity index (χ2n) is 6.47. The van der Waals surface area contributed by atoms with Crippen molar-refractivity contribution in [2.24, 2.45) is 0 Å². The van der Waals surface area contributed by atoms with Crippen LogP contribution in [0.3, 0.4) is 0 Å². The van der Waals surface area contributed by atoms with Gasteiger partial charge < -0.3 is 10.2 Å². The van der Waals surface area contributed by atoms with E-state index in [0.29, 0.717) is 12.5 Å². The summed E-state index contributed by atoms with van der Waals surface area (Å²) in [4.78, 5) is 17.0. The zero-order valence-corrected chi connectivity index (χ0v) is 12.0. The van der Waals surface area contributed by atoms with E-state index in [1.54, 1.807) is 0 Å². The van der Waals surface area contributed by atoms with Gasteiger partial charge in [-0.05, 0) is 25.7 Å². The first-order valence-electron chi connectivity index (χ1n) is 8.04. The lowest BCUT2D eigenvalue weighted by molar-refractivity contribution is -0.134. The molecule has 2 saturated heterocycles. The summed E-state index contributed by atoms with van der Waals surface area (Å²) in [6.45, 7) is 5.78. The fourth-order valence-corrected chi connectivity index (χ4v) is 4.06. The molecule has 1 aliphatic carbocycles. The molecule has 1 N–H and O–H groups in total. The molecule has 0 aromatic heterocycles. The lowest BCUT2D eigenvalue weighted by atomic mass is 9.79. The number of carbonyl (C=O) groups is 1. The number of hydrogen-bond acceptors (Lipinski definition) is 3. The maximum atomic E-state index is 12.4. The van der Waals surface area contributed by atoms with E-state index >= 15 is 0 Å². The van der Waals surface area contributed by atoms with Crippen molar-refractivity contribution in [3.63, 3.8) is 0 Å². The first kappa shape index (κ1) is 13.4. The third-order valence-corrected chi connectivity index (χ3v) is 5.25. The van der Waals surface area contributed by atoms with Gasteiger partial charge in [-0.15, -0.1) is 0 Å². The monoisotopic (exact) mass is 265 g/mol. The lowest BCUT2D eigenvalue weighted by Gasteiger charge is -2.49. The molecule has 3 fully saturated rings. The van der Waals surface area contributed by atoms with Crippen molar-refractivity contribution >= 4 is 5.91 Å². The average Bonchev–Trinajstić information content (AvgIpc) is 2.97. The number of carbonyl (C=O) groups excluding carboxylic acids is 1. The molecule has 0 unspecified atom stereocenters. The van der Waals surface area contributed by atoms with Gasteiger partial charge in [-0.25, -0.2) is 0 Å². The van der Waals surface area contributed by atoms with Gasteiger partial charge in [-0.3, -0.25) is 9.69 Å². The molecule has 108 valence electrons. The molecule has 4 heteroatoms.